The molecule has 0 fully saturated rings. The van der Waals surface area contributed by atoms with Gasteiger partial charge in [0, 0.05) is 48.5 Å². The van der Waals surface area contributed by atoms with Gasteiger partial charge in [0.2, 0.25) is 5.88 Å². The Morgan fingerprint density at radius 1 is 1.11 bits per heavy atom. The average Bonchev–Trinajstić information content (AvgIpc) is 3.22. The number of carbonyl (C=O) groups is 1. The molecule has 0 aliphatic heterocycles. The third-order valence-corrected chi connectivity index (χ3v) is 5.13. The molecule has 0 saturated carbocycles. The molecule has 1 amide bonds. The van der Waals surface area contributed by atoms with Crippen LogP contribution in [0.1, 0.15) is 25.2 Å². The van der Waals surface area contributed by atoms with Crippen molar-refractivity contribution in [2.45, 2.75) is 32.5 Å². The molecule has 0 saturated heterocycles. The van der Waals surface area contributed by atoms with Crippen molar-refractivity contribution in [3.63, 3.8) is 0 Å². The maximum atomic E-state index is 12.9. The van der Waals surface area contributed by atoms with Gasteiger partial charge in [-0.05, 0) is 42.5 Å². The van der Waals surface area contributed by atoms with E-state index < -0.39 is 17.8 Å². The van der Waals surface area contributed by atoms with Gasteiger partial charge in [0.05, 0.1) is 11.1 Å². The van der Waals surface area contributed by atoms with Crippen molar-refractivity contribution in [2.75, 3.05) is 11.9 Å². The number of rotatable bonds is 7. The zero-order valence-corrected chi connectivity index (χ0v) is 19.1. The van der Waals surface area contributed by atoms with Gasteiger partial charge in [0.25, 0.3) is 0 Å². The van der Waals surface area contributed by atoms with Crippen molar-refractivity contribution in [3.05, 3.63) is 78.4 Å². The topological polar surface area (TPSA) is 81.1 Å². The van der Waals surface area contributed by atoms with Crippen LogP contribution >= 0.6 is 0 Å². The van der Waals surface area contributed by atoms with E-state index in [0.717, 1.165) is 24.1 Å². The lowest BCUT2D eigenvalue weighted by Crippen LogP contribution is -2.25. The first-order valence-electron chi connectivity index (χ1n) is 11.0. The van der Waals surface area contributed by atoms with Gasteiger partial charge in [-0.3, -0.25) is 4.57 Å². The lowest BCUT2D eigenvalue weighted by Gasteiger charge is -2.11. The highest BCUT2D eigenvalue weighted by Gasteiger charge is 2.30. The second-order valence-corrected chi connectivity index (χ2v) is 8.19. The van der Waals surface area contributed by atoms with Gasteiger partial charge in [-0.15, -0.1) is 0 Å². The van der Waals surface area contributed by atoms with Gasteiger partial charge in [-0.2, -0.15) is 18.2 Å². The van der Waals surface area contributed by atoms with Crippen LogP contribution in [0.15, 0.2) is 67.0 Å². The molecule has 182 valence electrons. The number of nitrogens with zero attached hydrogens (tertiary/aromatic N) is 3. The number of hydrogen-bond donors (Lipinski definition) is 2. The summed E-state index contributed by atoms with van der Waals surface area (Å²) in [5.41, 5.74) is -0.210. The molecular formula is C25H24F3N5O2. The Labute approximate surface area is 200 Å². The number of fused-ring (bicyclic) bond motifs is 1. The Kier molecular flexibility index (Phi) is 7.02. The zero-order chi connectivity index (χ0) is 25.0. The molecular weight excluding hydrogens is 459 g/mol. The number of amides is 1. The third-order valence-electron chi connectivity index (χ3n) is 5.13. The molecule has 2 heterocycles. The van der Waals surface area contributed by atoms with E-state index in [1.807, 2.05) is 0 Å². The number of alkyl halides is 3. The monoisotopic (exact) mass is 483 g/mol. The summed E-state index contributed by atoms with van der Waals surface area (Å²) in [5.74, 6) is 1.59. The van der Waals surface area contributed by atoms with Crippen LogP contribution in [-0.4, -0.2) is 33.2 Å². The fraction of sp³-hybridized carbons (Fsp3) is 0.240. The van der Waals surface area contributed by atoms with E-state index >= 15 is 0 Å². The first-order chi connectivity index (χ1) is 16.7. The van der Waals surface area contributed by atoms with Gasteiger partial charge >= 0.3 is 12.2 Å². The van der Waals surface area contributed by atoms with Crippen LogP contribution in [-0.2, 0) is 12.6 Å². The lowest BCUT2D eigenvalue weighted by atomic mass is 10.2. The largest absolute Gasteiger partial charge is 0.439 e. The molecule has 0 atom stereocenters. The summed E-state index contributed by atoms with van der Waals surface area (Å²) < 4.78 is 46.0. The molecule has 35 heavy (non-hydrogen) atoms. The van der Waals surface area contributed by atoms with Gasteiger partial charge < -0.3 is 15.4 Å². The summed E-state index contributed by atoms with van der Waals surface area (Å²) in [4.78, 5) is 21.4. The number of benzene rings is 2. The number of carbonyl (C=O) groups excluding carboxylic acids is 1. The summed E-state index contributed by atoms with van der Waals surface area (Å²) >= 11 is 0. The van der Waals surface area contributed by atoms with Crippen molar-refractivity contribution >= 4 is 22.6 Å². The Hall–Kier alpha value is -3.92. The molecule has 10 heteroatoms. The van der Waals surface area contributed by atoms with E-state index in [4.69, 9.17) is 4.74 Å². The fourth-order valence-corrected chi connectivity index (χ4v) is 3.47. The summed E-state index contributed by atoms with van der Waals surface area (Å²) in [7, 11) is 0. The van der Waals surface area contributed by atoms with Crippen LogP contribution in [0.3, 0.4) is 0 Å². The molecule has 2 aromatic heterocycles. The Bertz CT molecular complexity index is 1330. The molecule has 7 nitrogen and oxygen atoms in total. The molecule has 0 bridgehead atoms. The van der Waals surface area contributed by atoms with Crippen molar-refractivity contribution < 1.29 is 22.7 Å². The van der Waals surface area contributed by atoms with E-state index in [0.29, 0.717) is 35.4 Å². The molecule has 4 rings (SSSR count). The summed E-state index contributed by atoms with van der Waals surface area (Å²) in [6.07, 6.45) is -0.646. The van der Waals surface area contributed by atoms with Gasteiger partial charge in [0.1, 0.15) is 11.6 Å². The second-order valence-electron chi connectivity index (χ2n) is 8.19. The second kappa shape index (κ2) is 10.1. The number of anilines is 1. The van der Waals surface area contributed by atoms with Crippen LogP contribution in [0.2, 0.25) is 0 Å². The number of aromatic nitrogens is 3. The van der Waals surface area contributed by atoms with E-state index in [9.17, 15) is 18.0 Å². The van der Waals surface area contributed by atoms with Gasteiger partial charge in [0.15, 0.2) is 0 Å². The SMILES string of the molecule is CC(C)NCCc1nccc(Oc2ccc3c(ccn3C(=O)Nc3cccc(C(F)(F)F)c3)c2)n1. The fourth-order valence-electron chi connectivity index (χ4n) is 3.47. The van der Waals surface area contributed by atoms with Crippen molar-refractivity contribution in [1.82, 2.24) is 19.9 Å². The van der Waals surface area contributed by atoms with Crippen LogP contribution in [0.25, 0.3) is 10.9 Å². The molecule has 2 aromatic carbocycles. The summed E-state index contributed by atoms with van der Waals surface area (Å²) in [6.45, 7) is 4.89. The molecule has 0 aliphatic carbocycles. The maximum absolute atomic E-state index is 12.9. The van der Waals surface area contributed by atoms with Crippen molar-refractivity contribution in [3.8, 4) is 11.6 Å². The predicted octanol–water partition coefficient (Wildman–Crippen LogP) is 5.86. The number of hydrogen-bond acceptors (Lipinski definition) is 5. The Balaban J connectivity index is 1.46. The number of halogens is 3. The van der Waals surface area contributed by atoms with Crippen LogP contribution in [0.5, 0.6) is 11.6 Å². The Morgan fingerprint density at radius 3 is 2.71 bits per heavy atom. The predicted molar refractivity (Wildman–Crippen MR) is 127 cm³/mol. The van der Waals surface area contributed by atoms with E-state index in [2.05, 4.69) is 34.4 Å². The minimum Gasteiger partial charge on any atom is -0.439 e. The molecule has 0 unspecified atom stereocenters. The molecule has 0 radical (unpaired) electrons. The van der Waals surface area contributed by atoms with Gasteiger partial charge in [-0.1, -0.05) is 19.9 Å². The zero-order valence-electron chi connectivity index (χ0n) is 19.1. The van der Waals surface area contributed by atoms with Crippen LogP contribution in [0, 0.1) is 0 Å². The standard InChI is InChI=1S/C25H24F3N5O2/c1-16(2)29-11-8-22-30-12-9-23(32-22)35-20-6-7-21-17(14-20)10-13-33(21)24(34)31-19-5-3-4-18(15-19)25(26,27)28/h3-7,9-10,12-16,29H,8,11H2,1-2H3,(H,31,34). The highest BCUT2D eigenvalue weighted by atomic mass is 19.4. The minimum absolute atomic E-state index is 0.0507. The molecule has 2 N–H and O–H groups in total. The maximum Gasteiger partial charge on any atom is 0.416 e. The van der Waals surface area contributed by atoms with Crippen molar-refractivity contribution in [1.29, 1.82) is 0 Å². The molecule has 4 aromatic rings. The van der Waals surface area contributed by atoms with Crippen molar-refractivity contribution in [2.24, 2.45) is 0 Å². The highest BCUT2D eigenvalue weighted by Crippen LogP contribution is 2.31. The Morgan fingerprint density at radius 2 is 1.94 bits per heavy atom. The smallest absolute Gasteiger partial charge is 0.416 e. The molecule has 0 spiro atoms. The van der Waals surface area contributed by atoms with E-state index in [1.54, 1.807) is 42.7 Å². The van der Waals surface area contributed by atoms with E-state index in [-0.39, 0.29) is 5.69 Å². The first kappa shape index (κ1) is 24.2. The van der Waals surface area contributed by atoms with E-state index in [1.165, 1.54) is 16.7 Å². The van der Waals surface area contributed by atoms with Crippen LogP contribution in [0.4, 0.5) is 23.7 Å². The number of nitrogens with one attached hydrogen (secondary N) is 2. The molecule has 0 aliphatic rings. The average molecular weight is 483 g/mol. The summed E-state index contributed by atoms with van der Waals surface area (Å²) in [6, 6.07) is 12.8. The highest BCUT2D eigenvalue weighted by molar-refractivity contribution is 5.98. The minimum atomic E-state index is -4.49. The van der Waals surface area contributed by atoms with Crippen LogP contribution < -0.4 is 15.4 Å². The third kappa shape index (κ3) is 6.15. The van der Waals surface area contributed by atoms with Gasteiger partial charge in [-0.25, -0.2) is 9.78 Å². The summed E-state index contributed by atoms with van der Waals surface area (Å²) in [5, 5.41) is 6.54. The normalized spacial score (nSPS) is 11.7. The lowest BCUT2D eigenvalue weighted by molar-refractivity contribution is -0.137. The quantitative estimate of drug-likeness (QED) is 0.344. The number of ether oxygens (including phenoxy) is 1. The first-order valence-corrected chi connectivity index (χ1v) is 11.0.